The van der Waals surface area contributed by atoms with Crippen LogP contribution in [0.25, 0.3) is 110 Å². The number of fused-ring (bicyclic) bond motifs is 12. The summed E-state index contributed by atoms with van der Waals surface area (Å²) >= 11 is 0. The van der Waals surface area contributed by atoms with Crippen LogP contribution in [0.4, 0.5) is 0 Å². The number of para-hydroxylation sites is 2. The van der Waals surface area contributed by atoms with Gasteiger partial charge in [0.05, 0.1) is 11.0 Å². The molecule has 0 spiro atoms. The number of hydrogen-bond acceptors (Lipinski definition) is 4. The Morgan fingerprint density at radius 2 is 0.900 bits per heavy atom. The Kier molecular flexibility index (Phi) is 5.63. The van der Waals surface area contributed by atoms with Gasteiger partial charge in [-0.25, -0.2) is 0 Å². The summed E-state index contributed by atoms with van der Waals surface area (Å²) in [5, 5.41) is 8.87. The summed E-state index contributed by atoms with van der Waals surface area (Å²) in [5.41, 5.74) is 12.0. The maximum absolute atomic E-state index is 6.63. The number of furan rings is 2. The molecule has 4 heteroatoms. The van der Waals surface area contributed by atoms with Crippen molar-refractivity contribution >= 4 is 76.5 Å². The molecule has 3 aromatic heterocycles. The summed E-state index contributed by atoms with van der Waals surface area (Å²) in [5.74, 6) is 0. The first-order valence-corrected chi connectivity index (χ1v) is 16.8. The lowest BCUT2D eigenvalue weighted by molar-refractivity contribution is 0.664. The van der Waals surface area contributed by atoms with E-state index in [9.17, 15) is 0 Å². The predicted molar refractivity (Wildman–Crippen MR) is 205 cm³/mol. The molecule has 8 aromatic carbocycles. The summed E-state index contributed by atoms with van der Waals surface area (Å²) in [4.78, 5) is 9.53. The Morgan fingerprint density at radius 3 is 1.66 bits per heavy atom. The van der Waals surface area contributed by atoms with Crippen molar-refractivity contribution in [3.8, 4) is 33.4 Å². The van der Waals surface area contributed by atoms with E-state index in [0.29, 0.717) is 0 Å². The number of nitrogens with zero attached hydrogens (tertiary/aromatic N) is 2. The fraction of sp³-hybridized carbons (Fsp3) is 0. The summed E-state index contributed by atoms with van der Waals surface area (Å²) in [6.45, 7) is 0. The molecule has 232 valence electrons. The van der Waals surface area contributed by atoms with Crippen molar-refractivity contribution in [1.29, 1.82) is 0 Å². The lowest BCUT2D eigenvalue weighted by Gasteiger charge is -2.12. The van der Waals surface area contributed by atoms with Crippen molar-refractivity contribution in [2.45, 2.75) is 0 Å². The normalized spacial score (nSPS) is 12.0. The first-order valence-electron chi connectivity index (χ1n) is 16.8. The van der Waals surface area contributed by atoms with Crippen LogP contribution in [0, 0.1) is 0 Å². The highest BCUT2D eigenvalue weighted by Crippen LogP contribution is 2.45. The second-order valence-corrected chi connectivity index (χ2v) is 12.9. The average molecular weight is 639 g/mol. The topological polar surface area (TPSA) is 52.1 Å². The fourth-order valence-electron chi connectivity index (χ4n) is 7.88. The standard InChI is InChI=1S/C46H26N2O2/c1-2-15-35-32(13-1)33-20-19-30(25-37(33)45-44(35)47-21-22-48-45)28-10-7-9-27(23-28)29-11-8-12-31(24-29)42-43-36-16-4-6-18-40(36)49-41(43)26-38-34-14-3-5-17-39(34)50-46(38)42/h1-26H. The van der Waals surface area contributed by atoms with Gasteiger partial charge >= 0.3 is 0 Å². The van der Waals surface area contributed by atoms with E-state index in [1.807, 2.05) is 24.3 Å². The van der Waals surface area contributed by atoms with Crippen LogP contribution in [-0.4, -0.2) is 9.97 Å². The zero-order chi connectivity index (χ0) is 32.8. The maximum atomic E-state index is 6.63. The van der Waals surface area contributed by atoms with Gasteiger partial charge in [0.2, 0.25) is 0 Å². The van der Waals surface area contributed by atoms with Gasteiger partial charge in [0, 0.05) is 50.3 Å². The van der Waals surface area contributed by atoms with Crippen molar-refractivity contribution in [2.24, 2.45) is 0 Å². The van der Waals surface area contributed by atoms with Gasteiger partial charge in [0.15, 0.2) is 0 Å². The Bertz CT molecular complexity index is 3130. The molecule has 0 radical (unpaired) electrons. The van der Waals surface area contributed by atoms with Gasteiger partial charge in [0.1, 0.15) is 22.3 Å². The largest absolute Gasteiger partial charge is 0.456 e. The van der Waals surface area contributed by atoms with E-state index in [-0.39, 0.29) is 0 Å². The Hall–Kier alpha value is -6.78. The van der Waals surface area contributed by atoms with Crippen LogP contribution in [0.1, 0.15) is 0 Å². The second kappa shape index (κ2) is 10.4. The third kappa shape index (κ3) is 3.93. The zero-order valence-corrected chi connectivity index (χ0v) is 26.7. The summed E-state index contributed by atoms with van der Waals surface area (Å²) in [6.07, 6.45) is 3.56. The molecule has 0 bridgehead atoms. The highest BCUT2D eigenvalue weighted by atomic mass is 16.3. The number of hydrogen-bond donors (Lipinski definition) is 0. The Labute approximate surface area is 285 Å². The summed E-state index contributed by atoms with van der Waals surface area (Å²) in [6, 6.07) is 51.3. The molecule has 0 fully saturated rings. The van der Waals surface area contributed by atoms with Crippen molar-refractivity contribution < 1.29 is 8.83 Å². The van der Waals surface area contributed by atoms with E-state index in [4.69, 9.17) is 18.8 Å². The van der Waals surface area contributed by atoms with Crippen molar-refractivity contribution in [1.82, 2.24) is 9.97 Å². The Morgan fingerprint density at radius 1 is 0.340 bits per heavy atom. The molecular weight excluding hydrogens is 613 g/mol. The number of benzene rings is 8. The van der Waals surface area contributed by atoms with Crippen LogP contribution in [0.5, 0.6) is 0 Å². The van der Waals surface area contributed by atoms with Crippen LogP contribution in [0.15, 0.2) is 167 Å². The minimum absolute atomic E-state index is 0.856. The molecule has 0 aliphatic heterocycles. The third-order valence-corrected chi connectivity index (χ3v) is 10.1. The molecule has 4 nitrogen and oxygen atoms in total. The quantitative estimate of drug-likeness (QED) is 0.181. The molecular formula is C46H26N2O2. The van der Waals surface area contributed by atoms with Gasteiger partial charge in [-0.15, -0.1) is 0 Å². The number of aromatic nitrogens is 2. The molecule has 0 atom stereocenters. The highest BCUT2D eigenvalue weighted by Gasteiger charge is 2.21. The number of rotatable bonds is 3. The maximum Gasteiger partial charge on any atom is 0.144 e. The molecule has 0 amide bonds. The zero-order valence-electron chi connectivity index (χ0n) is 26.7. The van der Waals surface area contributed by atoms with Gasteiger partial charge in [-0.05, 0) is 75.0 Å². The smallest absolute Gasteiger partial charge is 0.144 e. The van der Waals surface area contributed by atoms with E-state index in [0.717, 1.165) is 99.1 Å². The first-order chi connectivity index (χ1) is 24.8. The monoisotopic (exact) mass is 638 g/mol. The van der Waals surface area contributed by atoms with Crippen LogP contribution >= 0.6 is 0 Å². The summed E-state index contributed by atoms with van der Waals surface area (Å²) < 4.78 is 13.1. The molecule has 11 aromatic rings. The lowest BCUT2D eigenvalue weighted by atomic mass is 9.92. The van der Waals surface area contributed by atoms with E-state index < -0.39 is 0 Å². The van der Waals surface area contributed by atoms with E-state index >= 15 is 0 Å². The van der Waals surface area contributed by atoms with Crippen LogP contribution in [0.2, 0.25) is 0 Å². The Balaban J connectivity index is 1.10. The van der Waals surface area contributed by atoms with Gasteiger partial charge in [-0.1, -0.05) is 109 Å². The molecule has 0 unspecified atom stereocenters. The van der Waals surface area contributed by atoms with Crippen LogP contribution in [0.3, 0.4) is 0 Å². The second-order valence-electron chi connectivity index (χ2n) is 12.9. The molecule has 50 heavy (non-hydrogen) atoms. The fourth-order valence-corrected chi connectivity index (χ4v) is 7.88. The molecule has 0 aliphatic carbocycles. The van der Waals surface area contributed by atoms with Crippen molar-refractivity contribution in [2.75, 3.05) is 0 Å². The molecule has 0 saturated carbocycles. The van der Waals surface area contributed by atoms with E-state index in [1.54, 1.807) is 12.4 Å². The lowest BCUT2D eigenvalue weighted by Crippen LogP contribution is -1.89. The van der Waals surface area contributed by atoms with Gasteiger partial charge in [-0.3, -0.25) is 9.97 Å². The average Bonchev–Trinajstić information content (AvgIpc) is 3.75. The van der Waals surface area contributed by atoms with Crippen molar-refractivity contribution in [3.05, 3.63) is 158 Å². The molecule has 0 saturated heterocycles. The van der Waals surface area contributed by atoms with Gasteiger partial charge < -0.3 is 8.83 Å². The first kappa shape index (κ1) is 27.2. The minimum atomic E-state index is 0.856. The minimum Gasteiger partial charge on any atom is -0.456 e. The van der Waals surface area contributed by atoms with Gasteiger partial charge in [0.25, 0.3) is 0 Å². The molecule has 11 rings (SSSR count). The summed E-state index contributed by atoms with van der Waals surface area (Å²) in [7, 11) is 0. The molecule has 0 N–H and O–H groups in total. The predicted octanol–water partition coefficient (Wildman–Crippen LogP) is 12.7. The van der Waals surface area contributed by atoms with E-state index in [2.05, 4.69) is 121 Å². The third-order valence-electron chi connectivity index (χ3n) is 10.1. The molecule has 0 aliphatic rings. The van der Waals surface area contributed by atoms with Crippen LogP contribution in [-0.2, 0) is 0 Å². The van der Waals surface area contributed by atoms with Gasteiger partial charge in [-0.2, -0.15) is 0 Å². The highest BCUT2D eigenvalue weighted by molar-refractivity contribution is 6.24. The van der Waals surface area contributed by atoms with Crippen molar-refractivity contribution in [3.63, 3.8) is 0 Å². The SMILES string of the molecule is c1cc(-c2cccc(-c3c4oc5ccccc5c4cc4oc5ccccc5c34)c2)cc(-c2ccc3c4ccccc4c4nccnc4c3c2)c1. The molecule has 3 heterocycles. The van der Waals surface area contributed by atoms with E-state index in [1.165, 1.54) is 10.8 Å². The van der Waals surface area contributed by atoms with Crippen LogP contribution < -0.4 is 0 Å².